The summed E-state index contributed by atoms with van der Waals surface area (Å²) in [6.45, 7) is 6.66. The number of nitrogens with zero attached hydrogens (tertiary/aromatic N) is 2. The number of nitro benzene ring substituents is 2. The van der Waals surface area contributed by atoms with Crippen LogP contribution in [0.5, 0.6) is 0 Å². The van der Waals surface area contributed by atoms with Crippen LogP contribution >= 0.6 is 0 Å². The zero-order valence-electron chi connectivity index (χ0n) is 14.6. The van der Waals surface area contributed by atoms with Gasteiger partial charge in [-0.1, -0.05) is 26.1 Å². The molecule has 1 saturated carbocycles. The molecule has 1 aromatic carbocycles. The maximum atomic E-state index is 12.5. The number of carbonyl (C=O) groups is 1. The lowest BCUT2D eigenvalue weighted by Crippen LogP contribution is -2.40. The average molecular weight is 366 g/mol. The number of hydrogen-bond donors (Lipinski definition) is 0. The molecule has 25 heavy (non-hydrogen) atoms. The van der Waals surface area contributed by atoms with Gasteiger partial charge >= 0.3 is 5.97 Å². The average Bonchev–Trinajstić information content (AvgIpc) is 2.53. The largest absolute Gasteiger partial charge is 0.459 e. The number of carbonyl (C=O) groups excluding carboxylic acids is 1. The fourth-order valence-electron chi connectivity index (χ4n) is 3.39. The lowest BCUT2D eigenvalue weighted by atomic mass is 9.97. The molecule has 0 radical (unpaired) electrons. The topological polar surface area (TPSA) is 113 Å². The van der Waals surface area contributed by atoms with E-state index in [-0.39, 0.29) is 11.7 Å². The highest BCUT2D eigenvalue weighted by atomic mass is 28.3. The van der Waals surface area contributed by atoms with E-state index in [0.29, 0.717) is 5.54 Å². The van der Waals surface area contributed by atoms with Crippen LogP contribution in [0.2, 0.25) is 25.2 Å². The second kappa shape index (κ2) is 7.30. The molecular weight excluding hydrogens is 344 g/mol. The molecular formula is C16H22N2O6Si. The number of esters is 1. The first-order valence-electron chi connectivity index (χ1n) is 8.25. The van der Waals surface area contributed by atoms with Crippen molar-refractivity contribution in [1.82, 2.24) is 0 Å². The standard InChI is InChI=1S/C16H22N2O6Si/c1-25(2,3)15-7-5-4-6-14(15)24-16(19)12-9-8-11(17(20)21)10-13(12)18(22)23/h8-10,14-15H,4-7H2,1-3H3/t14-,15-/m0/s1. The summed E-state index contributed by atoms with van der Waals surface area (Å²) in [4.78, 5) is 33.0. The lowest BCUT2D eigenvalue weighted by Gasteiger charge is -2.38. The van der Waals surface area contributed by atoms with Gasteiger partial charge in [-0.25, -0.2) is 4.79 Å². The van der Waals surface area contributed by atoms with E-state index in [0.717, 1.165) is 43.9 Å². The molecule has 0 aliphatic heterocycles. The highest BCUT2D eigenvalue weighted by molar-refractivity contribution is 6.77. The summed E-state index contributed by atoms with van der Waals surface area (Å²) in [6.07, 6.45) is 3.56. The van der Waals surface area contributed by atoms with Gasteiger partial charge in [0.25, 0.3) is 11.4 Å². The van der Waals surface area contributed by atoms with Crippen molar-refractivity contribution in [2.75, 3.05) is 0 Å². The van der Waals surface area contributed by atoms with E-state index in [2.05, 4.69) is 19.6 Å². The van der Waals surface area contributed by atoms with Crippen LogP contribution in [0.3, 0.4) is 0 Å². The number of hydrogen-bond acceptors (Lipinski definition) is 6. The quantitative estimate of drug-likeness (QED) is 0.332. The summed E-state index contributed by atoms with van der Waals surface area (Å²) < 4.78 is 5.63. The van der Waals surface area contributed by atoms with Gasteiger partial charge < -0.3 is 4.74 Å². The Morgan fingerprint density at radius 2 is 1.76 bits per heavy atom. The number of non-ortho nitro benzene ring substituents is 1. The molecule has 0 bridgehead atoms. The molecule has 0 spiro atoms. The minimum atomic E-state index is -1.55. The van der Waals surface area contributed by atoms with Crippen LogP contribution in [0.15, 0.2) is 18.2 Å². The molecule has 1 aliphatic carbocycles. The fraction of sp³-hybridized carbons (Fsp3) is 0.562. The lowest BCUT2D eigenvalue weighted by molar-refractivity contribution is -0.394. The molecule has 136 valence electrons. The fourth-order valence-corrected chi connectivity index (χ4v) is 5.81. The molecule has 1 fully saturated rings. The van der Waals surface area contributed by atoms with Crippen LogP contribution in [0, 0.1) is 20.2 Å². The van der Waals surface area contributed by atoms with Crippen molar-refractivity contribution < 1.29 is 19.4 Å². The second-order valence-electron chi connectivity index (χ2n) is 7.42. The van der Waals surface area contributed by atoms with Gasteiger partial charge in [0, 0.05) is 6.07 Å². The Morgan fingerprint density at radius 3 is 2.32 bits per heavy atom. The van der Waals surface area contributed by atoms with Crippen LogP contribution < -0.4 is 0 Å². The third-order valence-corrected chi connectivity index (χ3v) is 7.57. The third-order valence-electron chi connectivity index (χ3n) is 4.68. The first-order valence-corrected chi connectivity index (χ1v) is 11.8. The Morgan fingerprint density at radius 1 is 1.12 bits per heavy atom. The van der Waals surface area contributed by atoms with Crippen molar-refractivity contribution in [3.05, 3.63) is 44.0 Å². The number of rotatable bonds is 5. The molecule has 0 saturated heterocycles. The highest BCUT2D eigenvalue weighted by Crippen LogP contribution is 2.39. The van der Waals surface area contributed by atoms with E-state index in [1.165, 1.54) is 0 Å². The Labute approximate surface area is 146 Å². The van der Waals surface area contributed by atoms with Crippen LogP contribution in [0.1, 0.15) is 36.0 Å². The van der Waals surface area contributed by atoms with E-state index >= 15 is 0 Å². The number of benzene rings is 1. The summed E-state index contributed by atoms with van der Waals surface area (Å²) in [5, 5.41) is 22.0. The maximum absolute atomic E-state index is 12.5. The smallest absolute Gasteiger partial charge is 0.345 e. The Hall–Kier alpha value is -2.29. The minimum Gasteiger partial charge on any atom is -0.459 e. The van der Waals surface area contributed by atoms with E-state index in [1.54, 1.807) is 0 Å². The molecule has 0 unspecified atom stereocenters. The Balaban J connectivity index is 2.28. The van der Waals surface area contributed by atoms with Crippen LogP contribution in [0.25, 0.3) is 0 Å². The number of nitro groups is 2. The molecule has 1 aromatic rings. The Kier molecular flexibility index (Phi) is 5.56. The first-order chi connectivity index (χ1) is 11.6. The van der Waals surface area contributed by atoms with E-state index in [4.69, 9.17) is 4.74 Å². The summed E-state index contributed by atoms with van der Waals surface area (Å²) in [6, 6.07) is 2.98. The zero-order chi connectivity index (χ0) is 18.8. The van der Waals surface area contributed by atoms with E-state index in [1.807, 2.05) is 0 Å². The predicted molar refractivity (Wildman–Crippen MR) is 94.5 cm³/mol. The molecule has 0 aromatic heterocycles. The number of ether oxygens (including phenoxy) is 1. The molecule has 1 aliphatic rings. The normalized spacial score (nSPS) is 20.8. The van der Waals surface area contributed by atoms with Crippen molar-refractivity contribution in [3.8, 4) is 0 Å². The molecule has 0 amide bonds. The van der Waals surface area contributed by atoms with Gasteiger partial charge in [-0.05, 0) is 30.9 Å². The van der Waals surface area contributed by atoms with Crippen molar-refractivity contribution in [2.24, 2.45) is 0 Å². The SMILES string of the molecule is C[Si](C)(C)[C@H]1CCCC[C@@H]1OC(=O)c1ccc([N+](=O)[O-])cc1[N+](=O)[O-]. The van der Waals surface area contributed by atoms with Gasteiger partial charge in [0.05, 0.1) is 24.0 Å². The first kappa shape index (κ1) is 19.0. The monoisotopic (exact) mass is 366 g/mol. The van der Waals surface area contributed by atoms with Crippen molar-refractivity contribution in [2.45, 2.75) is 57.0 Å². The van der Waals surface area contributed by atoms with Gasteiger partial charge in [-0.15, -0.1) is 0 Å². The van der Waals surface area contributed by atoms with Crippen LogP contribution in [0.4, 0.5) is 11.4 Å². The summed E-state index contributed by atoms with van der Waals surface area (Å²) in [5.74, 6) is -0.781. The molecule has 8 nitrogen and oxygen atoms in total. The predicted octanol–water partition coefficient (Wildman–Crippen LogP) is 4.31. The van der Waals surface area contributed by atoms with Gasteiger partial charge in [-0.3, -0.25) is 20.2 Å². The van der Waals surface area contributed by atoms with Crippen molar-refractivity contribution in [3.63, 3.8) is 0 Å². The van der Waals surface area contributed by atoms with Crippen molar-refractivity contribution in [1.29, 1.82) is 0 Å². The van der Waals surface area contributed by atoms with Crippen LogP contribution in [-0.4, -0.2) is 30.0 Å². The van der Waals surface area contributed by atoms with Gasteiger partial charge in [0.15, 0.2) is 0 Å². The highest BCUT2D eigenvalue weighted by Gasteiger charge is 2.38. The minimum absolute atomic E-state index is 0.240. The van der Waals surface area contributed by atoms with Gasteiger partial charge in [0.1, 0.15) is 11.7 Å². The molecule has 2 atom stereocenters. The summed E-state index contributed by atoms with van der Waals surface area (Å²) >= 11 is 0. The zero-order valence-corrected chi connectivity index (χ0v) is 15.6. The molecule has 9 heteroatoms. The van der Waals surface area contributed by atoms with Gasteiger partial charge in [0.2, 0.25) is 0 Å². The van der Waals surface area contributed by atoms with Crippen molar-refractivity contribution >= 4 is 25.4 Å². The summed E-state index contributed by atoms with van der Waals surface area (Å²) in [7, 11) is -1.55. The summed E-state index contributed by atoms with van der Waals surface area (Å²) in [5.41, 5.74) is -0.960. The Bertz CT molecular complexity index is 700. The maximum Gasteiger partial charge on any atom is 0.345 e. The second-order valence-corrected chi connectivity index (χ2v) is 12.9. The molecule has 0 N–H and O–H groups in total. The van der Waals surface area contributed by atoms with E-state index < -0.39 is 35.3 Å². The molecule has 2 rings (SSSR count). The van der Waals surface area contributed by atoms with E-state index in [9.17, 15) is 25.0 Å². The molecule has 0 heterocycles. The third kappa shape index (κ3) is 4.41. The van der Waals surface area contributed by atoms with Crippen LogP contribution in [-0.2, 0) is 4.74 Å². The van der Waals surface area contributed by atoms with Gasteiger partial charge in [-0.2, -0.15) is 0 Å².